The van der Waals surface area contributed by atoms with E-state index in [0.717, 1.165) is 5.57 Å². The largest absolute Gasteiger partial charge is 0.392 e. The first-order valence-corrected chi connectivity index (χ1v) is 3.74. The molecule has 56 valence electrons. The van der Waals surface area contributed by atoms with Crippen LogP contribution in [0.15, 0.2) is 23.8 Å². The summed E-state index contributed by atoms with van der Waals surface area (Å²) < 4.78 is 0. The van der Waals surface area contributed by atoms with Gasteiger partial charge in [0.2, 0.25) is 0 Å². The van der Waals surface area contributed by atoms with E-state index in [-0.39, 0.29) is 6.61 Å². The molecular weight excluding hydrogens is 124 g/mol. The van der Waals surface area contributed by atoms with Crippen LogP contribution in [0.3, 0.4) is 0 Å². The quantitative estimate of drug-likeness (QED) is 0.585. The van der Waals surface area contributed by atoms with Crippen LogP contribution < -0.4 is 0 Å². The van der Waals surface area contributed by atoms with Crippen LogP contribution >= 0.6 is 0 Å². The molecule has 10 heavy (non-hydrogen) atoms. The molecular formula is C9H14O. The van der Waals surface area contributed by atoms with Crippen LogP contribution in [0.4, 0.5) is 0 Å². The molecule has 0 aliphatic heterocycles. The van der Waals surface area contributed by atoms with E-state index >= 15 is 0 Å². The van der Waals surface area contributed by atoms with Gasteiger partial charge in [0.05, 0.1) is 6.61 Å². The smallest absolute Gasteiger partial charge is 0.0678 e. The van der Waals surface area contributed by atoms with Crippen molar-refractivity contribution in [2.75, 3.05) is 6.61 Å². The van der Waals surface area contributed by atoms with Crippen LogP contribution in [0.2, 0.25) is 0 Å². The van der Waals surface area contributed by atoms with Crippen LogP contribution in [-0.4, -0.2) is 11.7 Å². The van der Waals surface area contributed by atoms with Gasteiger partial charge in [-0.1, -0.05) is 32.1 Å². The predicted octanol–water partition coefficient (Wildman–Crippen LogP) is 1.75. The molecule has 0 aromatic heterocycles. The van der Waals surface area contributed by atoms with Gasteiger partial charge < -0.3 is 5.11 Å². The Morgan fingerprint density at radius 2 is 2.10 bits per heavy atom. The molecule has 1 aliphatic rings. The molecule has 1 nitrogen and oxygen atoms in total. The maximum atomic E-state index is 8.78. The van der Waals surface area contributed by atoms with Gasteiger partial charge in [-0.05, 0) is 17.4 Å². The fraction of sp³-hybridized carbons (Fsp3) is 0.556. The van der Waals surface area contributed by atoms with Gasteiger partial charge in [-0.15, -0.1) is 0 Å². The molecule has 1 aliphatic carbocycles. The van der Waals surface area contributed by atoms with Gasteiger partial charge in [-0.2, -0.15) is 0 Å². The van der Waals surface area contributed by atoms with Crippen molar-refractivity contribution in [1.82, 2.24) is 0 Å². The summed E-state index contributed by atoms with van der Waals surface area (Å²) in [5.74, 6) is 1.20. The average molecular weight is 138 g/mol. The molecule has 1 rings (SSSR count). The van der Waals surface area contributed by atoms with Gasteiger partial charge in [0.25, 0.3) is 0 Å². The number of hydrogen-bond donors (Lipinski definition) is 1. The molecule has 0 heterocycles. The highest BCUT2D eigenvalue weighted by molar-refractivity contribution is 5.24. The monoisotopic (exact) mass is 138 g/mol. The Kier molecular flexibility index (Phi) is 2.28. The number of rotatable bonds is 1. The summed E-state index contributed by atoms with van der Waals surface area (Å²) in [5, 5.41) is 8.78. The second kappa shape index (κ2) is 3.02. The normalized spacial score (nSPS) is 32.1. The zero-order valence-corrected chi connectivity index (χ0v) is 6.54. The van der Waals surface area contributed by atoms with Crippen molar-refractivity contribution >= 4 is 0 Å². The van der Waals surface area contributed by atoms with E-state index in [1.807, 2.05) is 6.08 Å². The highest BCUT2D eigenvalue weighted by Gasteiger charge is 2.10. The number of aliphatic hydroxyl groups is 1. The molecule has 1 heteroatoms. The van der Waals surface area contributed by atoms with Crippen LogP contribution in [0, 0.1) is 11.8 Å². The van der Waals surface area contributed by atoms with Crippen molar-refractivity contribution in [2.45, 2.75) is 13.8 Å². The van der Waals surface area contributed by atoms with Gasteiger partial charge in [0.15, 0.2) is 0 Å². The van der Waals surface area contributed by atoms with E-state index in [4.69, 9.17) is 5.11 Å². The first kappa shape index (κ1) is 7.55. The molecule has 1 N–H and O–H groups in total. The highest BCUT2D eigenvalue weighted by atomic mass is 16.3. The molecule has 0 radical (unpaired) electrons. The minimum absolute atomic E-state index is 0.174. The third-order valence-electron chi connectivity index (χ3n) is 2.10. The molecule has 0 aromatic carbocycles. The van der Waals surface area contributed by atoms with E-state index in [0.29, 0.717) is 11.8 Å². The lowest BCUT2D eigenvalue weighted by Crippen LogP contribution is -2.07. The van der Waals surface area contributed by atoms with Crippen LogP contribution in [0.1, 0.15) is 13.8 Å². The van der Waals surface area contributed by atoms with Gasteiger partial charge in [-0.25, -0.2) is 0 Å². The molecule has 0 aromatic rings. The van der Waals surface area contributed by atoms with Crippen LogP contribution in [0.5, 0.6) is 0 Å². The zero-order chi connectivity index (χ0) is 7.56. The topological polar surface area (TPSA) is 20.2 Å². The van der Waals surface area contributed by atoms with Crippen molar-refractivity contribution < 1.29 is 5.11 Å². The number of hydrogen-bond acceptors (Lipinski definition) is 1. The summed E-state index contributed by atoms with van der Waals surface area (Å²) in [6, 6.07) is 0. The SMILES string of the molecule is CC1C=CC(CO)=C[C@H]1C. The Balaban J connectivity index is 2.66. The Labute approximate surface area is 62.1 Å². The van der Waals surface area contributed by atoms with Crippen LogP contribution in [-0.2, 0) is 0 Å². The molecule has 0 fully saturated rings. The van der Waals surface area contributed by atoms with Crippen molar-refractivity contribution in [2.24, 2.45) is 11.8 Å². The van der Waals surface area contributed by atoms with Crippen molar-refractivity contribution in [3.8, 4) is 0 Å². The Bertz CT molecular complexity index is 168. The van der Waals surface area contributed by atoms with Crippen molar-refractivity contribution in [1.29, 1.82) is 0 Å². The zero-order valence-electron chi connectivity index (χ0n) is 6.54. The molecule has 2 atom stereocenters. The lowest BCUT2D eigenvalue weighted by atomic mass is 9.89. The van der Waals surface area contributed by atoms with E-state index in [1.165, 1.54) is 0 Å². The standard InChI is InChI=1S/C9H14O/c1-7-3-4-9(6-10)5-8(7)2/h3-5,7-8,10H,6H2,1-2H3/t7?,8-/m1/s1. The van der Waals surface area contributed by atoms with E-state index < -0.39 is 0 Å². The molecule has 0 bridgehead atoms. The molecule has 0 saturated heterocycles. The third-order valence-corrected chi connectivity index (χ3v) is 2.10. The first-order valence-electron chi connectivity index (χ1n) is 3.74. The number of allylic oxidation sites excluding steroid dienone is 2. The summed E-state index contributed by atoms with van der Waals surface area (Å²) in [6.07, 6.45) is 6.28. The predicted molar refractivity (Wildman–Crippen MR) is 42.6 cm³/mol. The molecule has 0 saturated carbocycles. The van der Waals surface area contributed by atoms with Gasteiger partial charge in [-0.3, -0.25) is 0 Å². The fourth-order valence-corrected chi connectivity index (χ4v) is 1.10. The summed E-state index contributed by atoms with van der Waals surface area (Å²) in [7, 11) is 0. The molecule has 0 spiro atoms. The Hall–Kier alpha value is -0.560. The average Bonchev–Trinajstić information content (AvgIpc) is 1.95. The van der Waals surface area contributed by atoms with Gasteiger partial charge in [0.1, 0.15) is 0 Å². The molecule has 0 amide bonds. The summed E-state index contributed by atoms with van der Waals surface area (Å²) in [6.45, 7) is 4.53. The summed E-state index contributed by atoms with van der Waals surface area (Å²) in [5.41, 5.74) is 1.05. The first-order chi connectivity index (χ1) is 4.74. The second-order valence-electron chi connectivity index (χ2n) is 2.98. The lowest BCUT2D eigenvalue weighted by molar-refractivity contribution is 0.331. The summed E-state index contributed by atoms with van der Waals surface area (Å²) in [4.78, 5) is 0. The minimum atomic E-state index is 0.174. The lowest BCUT2D eigenvalue weighted by Gasteiger charge is -2.17. The maximum Gasteiger partial charge on any atom is 0.0678 e. The van der Waals surface area contributed by atoms with Crippen LogP contribution in [0.25, 0.3) is 0 Å². The second-order valence-corrected chi connectivity index (χ2v) is 2.98. The summed E-state index contributed by atoms with van der Waals surface area (Å²) >= 11 is 0. The van der Waals surface area contributed by atoms with Crippen molar-refractivity contribution in [3.05, 3.63) is 23.8 Å². The minimum Gasteiger partial charge on any atom is -0.392 e. The Morgan fingerprint density at radius 1 is 1.40 bits per heavy atom. The molecule has 1 unspecified atom stereocenters. The van der Waals surface area contributed by atoms with Crippen molar-refractivity contribution in [3.63, 3.8) is 0 Å². The maximum absolute atomic E-state index is 8.78. The fourth-order valence-electron chi connectivity index (χ4n) is 1.10. The van der Waals surface area contributed by atoms with E-state index in [9.17, 15) is 0 Å². The van der Waals surface area contributed by atoms with Gasteiger partial charge >= 0.3 is 0 Å². The van der Waals surface area contributed by atoms with E-state index in [1.54, 1.807) is 0 Å². The van der Waals surface area contributed by atoms with E-state index in [2.05, 4.69) is 26.0 Å². The number of aliphatic hydroxyl groups excluding tert-OH is 1. The van der Waals surface area contributed by atoms with Gasteiger partial charge in [0, 0.05) is 0 Å². The highest BCUT2D eigenvalue weighted by Crippen LogP contribution is 2.21. The third kappa shape index (κ3) is 1.48. The Morgan fingerprint density at radius 3 is 2.60 bits per heavy atom.